The third-order valence-corrected chi connectivity index (χ3v) is 4.34. The lowest BCUT2D eigenvalue weighted by Gasteiger charge is -2.37. The molecule has 118 valence electrons. The molecule has 1 N–H and O–H groups in total. The van der Waals surface area contributed by atoms with Gasteiger partial charge in [0.25, 0.3) is 5.69 Å². The molecule has 0 bridgehead atoms. The first kappa shape index (κ1) is 15.1. The van der Waals surface area contributed by atoms with Gasteiger partial charge < -0.3 is 14.6 Å². The Morgan fingerprint density at radius 2 is 1.91 bits per heavy atom. The summed E-state index contributed by atoms with van der Waals surface area (Å²) in [5.41, 5.74) is 0.434. The summed E-state index contributed by atoms with van der Waals surface area (Å²) in [5.74, 6) is -1.41. The Hall–Kier alpha value is -1.83. The minimum atomic E-state index is -1.02. The fraction of sp³-hybridized carbons (Fsp3) is 0.533. The van der Waals surface area contributed by atoms with Crippen molar-refractivity contribution < 1.29 is 24.3 Å². The van der Waals surface area contributed by atoms with Crippen molar-refractivity contribution in [1.82, 2.24) is 0 Å². The zero-order valence-electron chi connectivity index (χ0n) is 11.9. The molecule has 2 aliphatic rings. The van der Waals surface area contributed by atoms with Gasteiger partial charge in [-0.3, -0.25) is 14.9 Å². The average Bonchev–Trinajstić information content (AvgIpc) is 2.98. The summed E-state index contributed by atoms with van der Waals surface area (Å²) < 4.78 is 11.2. The minimum absolute atomic E-state index is 0.0319. The van der Waals surface area contributed by atoms with Crippen molar-refractivity contribution >= 4 is 11.5 Å². The van der Waals surface area contributed by atoms with E-state index in [9.17, 15) is 20.0 Å². The van der Waals surface area contributed by atoms with Crippen molar-refractivity contribution in [1.29, 1.82) is 0 Å². The standard InChI is InChI=1S/C15H17NO6/c17-13-5-6-15(21-7-8-22-15)9-12(13)14(18)10-1-3-11(4-2-10)16(19)20/h1-4,12,14,18H,5-9H2/t12-,14-/m1/s1. The van der Waals surface area contributed by atoms with Crippen molar-refractivity contribution in [2.24, 2.45) is 5.92 Å². The Morgan fingerprint density at radius 1 is 1.27 bits per heavy atom. The van der Waals surface area contributed by atoms with Crippen LogP contribution in [0.25, 0.3) is 0 Å². The molecule has 22 heavy (non-hydrogen) atoms. The quantitative estimate of drug-likeness (QED) is 0.674. The number of ketones is 1. The number of carbonyl (C=O) groups is 1. The zero-order valence-corrected chi connectivity index (χ0v) is 11.9. The Morgan fingerprint density at radius 3 is 2.50 bits per heavy atom. The molecule has 3 rings (SSSR count). The summed E-state index contributed by atoms with van der Waals surface area (Å²) in [6.45, 7) is 0.989. The van der Waals surface area contributed by atoms with E-state index in [0.717, 1.165) is 0 Å². The van der Waals surface area contributed by atoms with Crippen LogP contribution in [0.2, 0.25) is 0 Å². The van der Waals surface area contributed by atoms with Crippen molar-refractivity contribution in [3.05, 3.63) is 39.9 Å². The molecule has 0 aromatic heterocycles. The number of non-ortho nitro benzene ring substituents is 1. The number of aliphatic hydroxyl groups excluding tert-OH is 1. The predicted octanol–water partition coefficient (Wildman–Crippen LogP) is 1.74. The largest absolute Gasteiger partial charge is 0.388 e. The van der Waals surface area contributed by atoms with Gasteiger partial charge in [0.15, 0.2) is 5.79 Å². The molecule has 0 amide bonds. The van der Waals surface area contributed by atoms with Gasteiger partial charge in [-0.25, -0.2) is 0 Å². The molecule has 1 saturated heterocycles. The van der Waals surface area contributed by atoms with Gasteiger partial charge in [-0.2, -0.15) is 0 Å². The number of nitro groups is 1. The lowest BCUT2D eigenvalue weighted by molar-refractivity contribution is -0.384. The van der Waals surface area contributed by atoms with Crippen molar-refractivity contribution in [2.75, 3.05) is 13.2 Å². The number of nitrogens with zero attached hydrogens (tertiary/aromatic N) is 1. The van der Waals surface area contributed by atoms with E-state index >= 15 is 0 Å². The van der Waals surface area contributed by atoms with E-state index in [1.165, 1.54) is 24.3 Å². The number of nitro benzene ring substituents is 1. The van der Waals surface area contributed by atoms with Crippen LogP contribution >= 0.6 is 0 Å². The second-order valence-corrected chi connectivity index (χ2v) is 5.68. The lowest BCUT2D eigenvalue weighted by atomic mass is 9.78. The van der Waals surface area contributed by atoms with Gasteiger partial charge in [0.05, 0.1) is 30.2 Å². The summed E-state index contributed by atoms with van der Waals surface area (Å²) in [6, 6.07) is 5.61. The zero-order chi connectivity index (χ0) is 15.7. The normalized spacial score (nSPS) is 25.3. The van der Waals surface area contributed by atoms with E-state index in [1.807, 2.05) is 0 Å². The summed E-state index contributed by atoms with van der Waals surface area (Å²) in [7, 11) is 0. The first-order chi connectivity index (χ1) is 10.5. The highest BCUT2D eigenvalue weighted by atomic mass is 16.7. The Labute approximate surface area is 127 Å². The number of benzene rings is 1. The average molecular weight is 307 g/mol. The molecule has 1 saturated carbocycles. The molecule has 1 aliphatic heterocycles. The highest BCUT2D eigenvalue weighted by molar-refractivity contribution is 5.82. The summed E-state index contributed by atoms with van der Waals surface area (Å²) in [4.78, 5) is 22.3. The van der Waals surface area contributed by atoms with Crippen molar-refractivity contribution in [3.63, 3.8) is 0 Å². The maximum atomic E-state index is 12.1. The van der Waals surface area contributed by atoms with E-state index in [0.29, 0.717) is 38.0 Å². The molecule has 1 heterocycles. The molecule has 2 atom stereocenters. The fourth-order valence-corrected chi connectivity index (χ4v) is 3.12. The molecule has 1 aromatic carbocycles. The van der Waals surface area contributed by atoms with Crippen molar-refractivity contribution in [2.45, 2.75) is 31.2 Å². The third kappa shape index (κ3) is 2.75. The molecule has 1 aromatic rings. The molecule has 2 fully saturated rings. The smallest absolute Gasteiger partial charge is 0.269 e. The van der Waals surface area contributed by atoms with Gasteiger partial charge in [0.1, 0.15) is 5.78 Å². The number of hydrogen-bond donors (Lipinski definition) is 1. The van der Waals surface area contributed by atoms with Gasteiger partial charge in [0, 0.05) is 31.4 Å². The minimum Gasteiger partial charge on any atom is -0.388 e. The van der Waals surface area contributed by atoms with Crippen molar-refractivity contribution in [3.8, 4) is 0 Å². The molecule has 7 heteroatoms. The SMILES string of the molecule is O=C1CCC2(C[C@H]1[C@H](O)c1ccc([N+](=O)[O-])cc1)OCCO2. The third-order valence-electron chi connectivity index (χ3n) is 4.34. The second-order valence-electron chi connectivity index (χ2n) is 5.68. The maximum Gasteiger partial charge on any atom is 0.269 e. The highest BCUT2D eigenvalue weighted by Gasteiger charge is 2.47. The molecule has 0 radical (unpaired) electrons. The molecule has 1 aliphatic carbocycles. The first-order valence-corrected chi connectivity index (χ1v) is 7.24. The summed E-state index contributed by atoms with van der Waals surface area (Å²) in [6.07, 6.45) is 0.104. The van der Waals surface area contributed by atoms with Crippen LogP contribution in [0.15, 0.2) is 24.3 Å². The first-order valence-electron chi connectivity index (χ1n) is 7.24. The van der Waals surface area contributed by atoms with Gasteiger partial charge in [0.2, 0.25) is 0 Å². The monoisotopic (exact) mass is 307 g/mol. The lowest BCUT2D eigenvalue weighted by Crippen LogP contribution is -2.42. The van der Waals surface area contributed by atoms with E-state index < -0.39 is 22.7 Å². The molecule has 1 spiro atoms. The molecule has 7 nitrogen and oxygen atoms in total. The number of rotatable bonds is 3. The maximum absolute atomic E-state index is 12.1. The Kier molecular flexibility index (Phi) is 3.94. The predicted molar refractivity (Wildman–Crippen MR) is 75.0 cm³/mol. The molecular weight excluding hydrogens is 290 g/mol. The summed E-state index contributed by atoms with van der Waals surface area (Å²) >= 11 is 0. The van der Waals surface area contributed by atoms with Crippen LogP contribution in [0.3, 0.4) is 0 Å². The number of Topliss-reactive ketones (excluding diaryl/α,β-unsaturated/α-hetero) is 1. The van der Waals surface area contributed by atoms with E-state index in [2.05, 4.69) is 0 Å². The van der Waals surface area contributed by atoms with Crippen LogP contribution in [0.5, 0.6) is 0 Å². The van der Waals surface area contributed by atoms with E-state index in [1.54, 1.807) is 0 Å². The second kappa shape index (κ2) is 5.75. The number of carbonyl (C=O) groups excluding carboxylic acids is 1. The van der Waals surface area contributed by atoms with Gasteiger partial charge in [-0.15, -0.1) is 0 Å². The number of ether oxygens (including phenoxy) is 2. The van der Waals surface area contributed by atoms with Crippen LogP contribution in [-0.2, 0) is 14.3 Å². The van der Waals surface area contributed by atoms with E-state index in [4.69, 9.17) is 9.47 Å². The fourth-order valence-electron chi connectivity index (χ4n) is 3.12. The van der Waals surface area contributed by atoms with Crippen LogP contribution < -0.4 is 0 Å². The molecule has 0 unspecified atom stereocenters. The number of aliphatic hydroxyl groups is 1. The topological polar surface area (TPSA) is 98.9 Å². The van der Waals surface area contributed by atoms with Crippen LogP contribution in [0, 0.1) is 16.0 Å². The Balaban J connectivity index is 1.78. The Bertz CT molecular complexity index is 578. The highest BCUT2D eigenvalue weighted by Crippen LogP contribution is 2.41. The van der Waals surface area contributed by atoms with Gasteiger partial charge >= 0.3 is 0 Å². The van der Waals surface area contributed by atoms with Crippen LogP contribution in [-0.4, -0.2) is 34.8 Å². The van der Waals surface area contributed by atoms with E-state index in [-0.39, 0.29) is 11.5 Å². The number of hydrogen-bond acceptors (Lipinski definition) is 6. The van der Waals surface area contributed by atoms with Gasteiger partial charge in [-0.1, -0.05) is 0 Å². The summed E-state index contributed by atoms with van der Waals surface area (Å²) in [5, 5.41) is 21.1. The molecular formula is C15H17NO6. The van der Waals surface area contributed by atoms with Crippen LogP contribution in [0.1, 0.15) is 30.9 Å². The van der Waals surface area contributed by atoms with Gasteiger partial charge in [-0.05, 0) is 17.7 Å². The van der Waals surface area contributed by atoms with Crippen LogP contribution in [0.4, 0.5) is 5.69 Å².